The molecule has 0 bridgehead atoms. The maximum atomic E-state index is 12.4. The van der Waals surface area contributed by atoms with Crippen molar-refractivity contribution >= 4 is 23.6 Å². The van der Waals surface area contributed by atoms with E-state index in [-0.39, 0.29) is 18.6 Å². The van der Waals surface area contributed by atoms with Crippen LogP contribution >= 0.6 is 0 Å². The van der Waals surface area contributed by atoms with Gasteiger partial charge in [-0.2, -0.15) is 10.2 Å². The second-order valence-corrected chi connectivity index (χ2v) is 8.00. The summed E-state index contributed by atoms with van der Waals surface area (Å²) in [4.78, 5) is 34.0. The van der Waals surface area contributed by atoms with Gasteiger partial charge < -0.3 is 24.8 Å². The summed E-state index contributed by atoms with van der Waals surface area (Å²) < 4.78 is 16.0. The van der Waals surface area contributed by atoms with Gasteiger partial charge in [0.15, 0.2) is 18.2 Å². The number of nitrogens with one attached hydrogen (secondary N) is 2. The molecule has 2 N–H and O–H groups in total. The highest BCUT2D eigenvalue weighted by atomic mass is 16.6. The number of methoxy groups -OCH3 is 1. The predicted octanol–water partition coefficient (Wildman–Crippen LogP) is 1.78. The normalized spacial score (nSPS) is 16.8. The number of aromatic nitrogens is 4. The zero-order valence-corrected chi connectivity index (χ0v) is 18.9. The molecule has 3 aromatic heterocycles. The lowest BCUT2D eigenvalue weighted by molar-refractivity contribution is -0.118. The van der Waals surface area contributed by atoms with Crippen molar-refractivity contribution in [3.8, 4) is 22.8 Å². The Morgan fingerprint density at radius 2 is 2.14 bits per heavy atom. The maximum Gasteiger partial charge on any atom is 0.415 e. The zero-order chi connectivity index (χ0) is 24.2. The Kier molecular flexibility index (Phi) is 6.35. The molecule has 35 heavy (non-hydrogen) atoms. The van der Waals surface area contributed by atoms with Crippen LogP contribution < -0.4 is 25.0 Å². The van der Waals surface area contributed by atoms with Crippen molar-refractivity contribution in [3.05, 3.63) is 48.4 Å². The van der Waals surface area contributed by atoms with Crippen LogP contribution in [0.25, 0.3) is 11.3 Å². The number of anilines is 2. The van der Waals surface area contributed by atoms with Crippen LogP contribution in [0.3, 0.4) is 0 Å². The molecule has 0 aromatic carbocycles. The molecule has 1 atom stereocenters. The van der Waals surface area contributed by atoms with Crippen molar-refractivity contribution in [2.75, 3.05) is 37.0 Å². The number of fused-ring (bicyclic) bond motifs is 1. The number of nitrogens with zero attached hydrogens (tertiary/aromatic N) is 5. The lowest BCUT2D eigenvalue weighted by Gasteiger charge is -2.19. The number of hydrogen-bond acceptors (Lipinski definition) is 10. The Bertz CT molecular complexity index is 1250. The van der Waals surface area contributed by atoms with Gasteiger partial charge in [-0.05, 0) is 36.7 Å². The molecular weight excluding hydrogens is 454 g/mol. The summed E-state index contributed by atoms with van der Waals surface area (Å²) in [7, 11) is 1.58. The predicted molar refractivity (Wildman–Crippen MR) is 124 cm³/mol. The minimum Gasteiger partial charge on any atom is -0.495 e. The number of amides is 2. The van der Waals surface area contributed by atoms with Crippen LogP contribution in [0.4, 0.5) is 16.4 Å². The number of carbonyl (C=O) groups excluding carboxylic acids is 2. The molecule has 12 heteroatoms. The molecule has 0 unspecified atom stereocenters. The molecule has 1 saturated heterocycles. The number of rotatable bonds is 8. The van der Waals surface area contributed by atoms with Crippen LogP contribution in [0.5, 0.6) is 11.5 Å². The lowest BCUT2D eigenvalue weighted by Crippen LogP contribution is -2.29. The summed E-state index contributed by atoms with van der Waals surface area (Å²) in [5.74, 6) is 1.51. The SMILES string of the molecule is COc1cnnc(-c2cncc(CNCC[C@H]3CN(c4ccc5c(n4)NC(=O)CO5)C(=O)O3)c2)c1. The van der Waals surface area contributed by atoms with Gasteiger partial charge in [-0.3, -0.25) is 14.7 Å². The molecule has 1 fully saturated rings. The fourth-order valence-electron chi connectivity index (χ4n) is 3.78. The maximum absolute atomic E-state index is 12.4. The molecule has 12 nitrogen and oxygen atoms in total. The van der Waals surface area contributed by atoms with Crippen molar-refractivity contribution in [2.45, 2.75) is 19.1 Å². The van der Waals surface area contributed by atoms with Crippen LogP contribution in [0, 0.1) is 0 Å². The van der Waals surface area contributed by atoms with Gasteiger partial charge in [-0.25, -0.2) is 9.78 Å². The number of hydrogen-bond donors (Lipinski definition) is 2. The highest BCUT2D eigenvalue weighted by Gasteiger charge is 2.33. The Morgan fingerprint density at radius 3 is 3.03 bits per heavy atom. The smallest absolute Gasteiger partial charge is 0.415 e. The zero-order valence-electron chi connectivity index (χ0n) is 18.9. The molecule has 2 amide bonds. The van der Waals surface area contributed by atoms with E-state index >= 15 is 0 Å². The first-order valence-electron chi connectivity index (χ1n) is 11.0. The largest absolute Gasteiger partial charge is 0.495 e. The van der Waals surface area contributed by atoms with Gasteiger partial charge >= 0.3 is 6.09 Å². The average Bonchev–Trinajstić information content (AvgIpc) is 3.26. The van der Waals surface area contributed by atoms with Gasteiger partial charge in [-0.1, -0.05) is 0 Å². The fraction of sp³-hybridized carbons (Fsp3) is 0.304. The van der Waals surface area contributed by atoms with Gasteiger partial charge in [0.2, 0.25) is 0 Å². The van der Waals surface area contributed by atoms with E-state index in [9.17, 15) is 9.59 Å². The van der Waals surface area contributed by atoms with E-state index in [1.807, 2.05) is 6.07 Å². The van der Waals surface area contributed by atoms with Crippen molar-refractivity contribution in [1.29, 1.82) is 0 Å². The molecule has 5 rings (SSSR count). The summed E-state index contributed by atoms with van der Waals surface area (Å²) in [6.45, 7) is 1.54. The monoisotopic (exact) mass is 477 g/mol. The third-order valence-corrected chi connectivity index (χ3v) is 5.54. The van der Waals surface area contributed by atoms with Crippen molar-refractivity contribution in [1.82, 2.24) is 25.5 Å². The lowest BCUT2D eigenvalue weighted by atomic mass is 10.1. The third-order valence-electron chi connectivity index (χ3n) is 5.54. The van der Waals surface area contributed by atoms with Crippen LogP contribution in [-0.2, 0) is 16.1 Å². The Hall–Kier alpha value is -4.32. The number of carbonyl (C=O) groups is 2. The molecule has 2 aliphatic rings. The standard InChI is InChI=1S/C23H23N7O5/c1-33-17-7-18(29-26-11-17)15-6-14(9-25-10-15)8-24-5-4-16-12-30(23(32)35-16)20-3-2-19-22(27-20)28-21(31)13-34-19/h2-3,6-7,9-11,16,24H,4-5,8,12-13H2,1H3,(H,27,28,31)/t16-/m0/s1. The Labute approximate surface area is 200 Å². The first-order chi connectivity index (χ1) is 17.1. The minimum absolute atomic E-state index is 0.0513. The number of cyclic esters (lactones) is 1. The molecule has 5 heterocycles. The van der Waals surface area contributed by atoms with E-state index in [4.69, 9.17) is 14.2 Å². The summed E-state index contributed by atoms with van der Waals surface area (Å²) in [6.07, 6.45) is 4.93. The van der Waals surface area contributed by atoms with Crippen LogP contribution in [0.2, 0.25) is 0 Å². The Balaban J connectivity index is 1.13. The summed E-state index contributed by atoms with van der Waals surface area (Å²) >= 11 is 0. The van der Waals surface area contributed by atoms with Gasteiger partial charge in [-0.15, -0.1) is 0 Å². The molecule has 0 saturated carbocycles. The van der Waals surface area contributed by atoms with Crippen LogP contribution in [-0.4, -0.2) is 65.1 Å². The van der Waals surface area contributed by atoms with E-state index in [2.05, 4.69) is 30.8 Å². The highest BCUT2D eigenvalue weighted by Crippen LogP contribution is 2.30. The molecule has 0 radical (unpaired) electrons. The van der Waals surface area contributed by atoms with Gasteiger partial charge in [0.1, 0.15) is 17.7 Å². The Morgan fingerprint density at radius 1 is 1.23 bits per heavy atom. The summed E-state index contributed by atoms with van der Waals surface area (Å²) in [5.41, 5.74) is 2.51. The van der Waals surface area contributed by atoms with Gasteiger partial charge in [0.25, 0.3) is 5.91 Å². The molecule has 180 valence electrons. The average molecular weight is 477 g/mol. The van der Waals surface area contributed by atoms with Crippen LogP contribution in [0.15, 0.2) is 42.9 Å². The number of ether oxygens (including phenoxy) is 3. The van der Waals surface area contributed by atoms with Crippen molar-refractivity contribution < 1.29 is 23.8 Å². The van der Waals surface area contributed by atoms with Crippen molar-refractivity contribution in [2.24, 2.45) is 0 Å². The minimum atomic E-state index is -0.471. The first kappa shape index (κ1) is 22.5. The fourth-order valence-corrected chi connectivity index (χ4v) is 3.78. The number of pyridine rings is 2. The molecule has 0 aliphatic carbocycles. The molecule has 2 aliphatic heterocycles. The molecule has 3 aromatic rings. The van der Waals surface area contributed by atoms with E-state index < -0.39 is 6.09 Å². The van der Waals surface area contributed by atoms with Gasteiger partial charge in [0.05, 0.1) is 25.5 Å². The first-order valence-corrected chi connectivity index (χ1v) is 11.0. The quantitative estimate of drug-likeness (QED) is 0.461. The second-order valence-electron chi connectivity index (χ2n) is 8.00. The molecular formula is C23H23N7O5. The van der Waals surface area contributed by atoms with Crippen molar-refractivity contribution in [3.63, 3.8) is 0 Å². The van der Waals surface area contributed by atoms with E-state index in [0.29, 0.717) is 54.9 Å². The summed E-state index contributed by atoms with van der Waals surface area (Å²) in [6, 6.07) is 7.15. The summed E-state index contributed by atoms with van der Waals surface area (Å²) in [5, 5.41) is 14.1. The highest BCUT2D eigenvalue weighted by molar-refractivity contribution is 5.95. The van der Waals surface area contributed by atoms with E-state index in [1.165, 1.54) is 4.90 Å². The van der Waals surface area contributed by atoms with Crippen LogP contribution in [0.1, 0.15) is 12.0 Å². The third kappa shape index (κ3) is 5.11. The van der Waals surface area contributed by atoms with E-state index in [0.717, 1.165) is 11.1 Å². The van der Waals surface area contributed by atoms with E-state index in [1.54, 1.807) is 43.9 Å². The van der Waals surface area contributed by atoms with Gasteiger partial charge in [0, 0.05) is 30.6 Å². The topological polar surface area (TPSA) is 141 Å². The molecule has 0 spiro atoms. The second kappa shape index (κ2) is 9.89.